The van der Waals surface area contributed by atoms with Gasteiger partial charge in [0.1, 0.15) is 0 Å². The van der Waals surface area contributed by atoms with E-state index < -0.39 is 20.6 Å². The maximum Gasteiger partial charge on any atom is 0.175 e. The summed E-state index contributed by atoms with van der Waals surface area (Å²) in [5, 5.41) is 3.38. The van der Waals surface area contributed by atoms with Crippen LogP contribution in [0.1, 0.15) is 18.5 Å². The molecule has 1 aromatic carbocycles. The van der Waals surface area contributed by atoms with Gasteiger partial charge in [0.15, 0.2) is 9.84 Å². The van der Waals surface area contributed by atoms with E-state index in [1.54, 1.807) is 24.3 Å². The highest BCUT2D eigenvalue weighted by molar-refractivity contribution is 7.90. The lowest BCUT2D eigenvalue weighted by Gasteiger charge is -2.28. The molecule has 6 heteroatoms. The fourth-order valence-corrected chi connectivity index (χ4v) is 4.19. The minimum absolute atomic E-state index is 0.0446. The lowest BCUT2D eigenvalue weighted by atomic mass is 10.1. The summed E-state index contributed by atoms with van der Waals surface area (Å²) in [4.78, 5) is 0.316. The summed E-state index contributed by atoms with van der Waals surface area (Å²) in [6, 6.07) is 7.07. The second kappa shape index (κ2) is 5.11. The molecular formula is C12H17NO3S2. The molecule has 0 aromatic heterocycles. The van der Waals surface area contributed by atoms with E-state index in [1.807, 2.05) is 6.92 Å². The largest absolute Gasteiger partial charge is 0.306 e. The second-order valence-electron chi connectivity index (χ2n) is 4.73. The van der Waals surface area contributed by atoms with Crippen LogP contribution in [0.3, 0.4) is 0 Å². The Labute approximate surface area is 110 Å². The van der Waals surface area contributed by atoms with E-state index in [0.717, 1.165) is 5.56 Å². The number of sulfone groups is 1. The van der Waals surface area contributed by atoms with Gasteiger partial charge in [0, 0.05) is 40.6 Å². The molecule has 2 rings (SSSR count). The van der Waals surface area contributed by atoms with Crippen molar-refractivity contribution in [1.29, 1.82) is 0 Å². The molecule has 1 saturated heterocycles. The molecule has 3 atom stereocenters. The van der Waals surface area contributed by atoms with Gasteiger partial charge in [0.25, 0.3) is 0 Å². The van der Waals surface area contributed by atoms with Gasteiger partial charge in [-0.1, -0.05) is 12.1 Å². The second-order valence-corrected chi connectivity index (χ2v) is 8.30. The van der Waals surface area contributed by atoms with E-state index in [9.17, 15) is 12.6 Å². The van der Waals surface area contributed by atoms with E-state index in [0.29, 0.717) is 16.4 Å². The number of hydrogen-bond donors (Lipinski definition) is 1. The van der Waals surface area contributed by atoms with Gasteiger partial charge in [0.2, 0.25) is 0 Å². The van der Waals surface area contributed by atoms with Gasteiger partial charge in [0.05, 0.1) is 4.90 Å². The van der Waals surface area contributed by atoms with Crippen LogP contribution in [0, 0.1) is 0 Å². The fourth-order valence-electron chi connectivity index (χ4n) is 2.11. The summed E-state index contributed by atoms with van der Waals surface area (Å²) < 4.78 is 34.4. The first kappa shape index (κ1) is 13.7. The molecule has 1 heterocycles. The molecule has 1 aliphatic heterocycles. The Kier molecular flexibility index (Phi) is 3.89. The Morgan fingerprint density at radius 3 is 2.33 bits per heavy atom. The number of hydrogen-bond acceptors (Lipinski definition) is 4. The van der Waals surface area contributed by atoms with E-state index in [-0.39, 0.29) is 12.1 Å². The van der Waals surface area contributed by atoms with Crippen LogP contribution in [0.25, 0.3) is 0 Å². The molecule has 0 bridgehead atoms. The number of benzene rings is 1. The van der Waals surface area contributed by atoms with E-state index >= 15 is 0 Å². The van der Waals surface area contributed by atoms with Crippen LogP contribution in [-0.2, 0) is 20.6 Å². The first-order chi connectivity index (χ1) is 8.36. The minimum Gasteiger partial charge on any atom is -0.306 e. The van der Waals surface area contributed by atoms with Crippen LogP contribution in [0.2, 0.25) is 0 Å². The Morgan fingerprint density at radius 1 is 1.22 bits per heavy atom. The molecule has 0 spiro atoms. The van der Waals surface area contributed by atoms with Crippen molar-refractivity contribution in [1.82, 2.24) is 5.32 Å². The minimum atomic E-state index is -3.15. The lowest BCUT2D eigenvalue weighted by Crippen LogP contribution is -2.43. The van der Waals surface area contributed by atoms with Gasteiger partial charge < -0.3 is 5.32 Å². The van der Waals surface area contributed by atoms with Crippen LogP contribution >= 0.6 is 0 Å². The monoisotopic (exact) mass is 287 g/mol. The maximum atomic E-state index is 11.7. The van der Waals surface area contributed by atoms with Crippen LogP contribution in [0.4, 0.5) is 0 Å². The zero-order valence-corrected chi connectivity index (χ0v) is 12.1. The molecule has 0 radical (unpaired) electrons. The van der Waals surface area contributed by atoms with Crippen molar-refractivity contribution < 1.29 is 12.6 Å². The molecule has 0 saturated carbocycles. The first-order valence-corrected chi connectivity index (χ1v) is 9.15. The normalized spacial score (nSPS) is 29.1. The van der Waals surface area contributed by atoms with Crippen molar-refractivity contribution in [3.63, 3.8) is 0 Å². The number of rotatable bonds is 2. The average molecular weight is 287 g/mol. The van der Waals surface area contributed by atoms with E-state index in [4.69, 9.17) is 0 Å². The summed E-state index contributed by atoms with van der Waals surface area (Å²) in [5.74, 6) is 1.26. The highest BCUT2D eigenvalue weighted by atomic mass is 32.2. The van der Waals surface area contributed by atoms with Gasteiger partial charge >= 0.3 is 0 Å². The van der Waals surface area contributed by atoms with Gasteiger partial charge in [-0.15, -0.1) is 0 Å². The SMILES string of the molecule is CC1CS(=O)CC(c2ccc(S(C)(=O)=O)cc2)N1. The predicted octanol–water partition coefficient (Wildman–Crippen LogP) is 0.872. The fraction of sp³-hybridized carbons (Fsp3) is 0.500. The molecule has 1 N–H and O–H groups in total. The predicted molar refractivity (Wildman–Crippen MR) is 72.8 cm³/mol. The van der Waals surface area contributed by atoms with E-state index in [1.165, 1.54) is 6.26 Å². The third-order valence-corrected chi connectivity index (χ3v) is 5.69. The zero-order chi connectivity index (χ0) is 13.3. The molecule has 0 amide bonds. The summed E-state index contributed by atoms with van der Waals surface area (Å²) in [5.41, 5.74) is 0.988. The maximum absolute atomic E-state index is 11.7. The van der Waals surface area contributed by atoms with Gasteiger partial charge in [-0.2, -0.15) is 0 Å². The lowest BCUT2D eigenvalue weighted by molar-refractivity contribution is 0.489. The molecule has 0 aliphatic carbocycles. The van der Waals surface area contributed by atoms with Gasteiger partial charge in [-0.25, -0.2) is 8.42 Å². The van der Waals surface area contributed by atoms with Crippen LogP contribution in [-0.4, -0.2) is 36.4 Å². The summed E-state index contributed by atoms with van der Waals surface area (Å²) in [7, 11) is -3.96. The molecule has 1 fully saturated rings. The molecule has 18 heavy (non-hydrogen) atoms. The third kappa shape index (κ3) is 3.18. The Hall–Kier alpha value is -0.720. The van der Waals surface area contributed by atoms with Crippen molar-refractivity contribution >= 4 is 20.6 Å². The summed E-state index contributed by atoms with van der Waals surface area (Å²) in [6.07, 6.45) is 1.19. The van der Waals surface area contributed by atoms with Gasteiger partial charge in [-0.3, -0.25) is 4.21 Å². The smallest absolute Gasteiger partial charge is 0.175 e. The average Bonchev–Trinajstić information content (AvgIpc) is 2.27. The van der Waals surface area contributed by atoms with Crippen LogP contribution in [0.5, 0.6) is 0 Å². The Balaban J connectivity index is 2.22. The van der Waals surface area contributed by atoms with Crippen molar-refractivity contribution in [3.8, 4) is 0 Å². The topological polar surface area (TPSA) is 63.2 Å². The van der Waals surface area contributed by atoms with Crippen molar-refractivity contribution in [2.45, 2.75) is 23.9 Å². The summed E-state index contributed by atoms with van der Waals surface area (Å²) >= 11 is 0. The standard InChI is InChI=1S/C12H17NO3S2/c1-9-7-17(14)8-12(13-9)10-3-5-11(6-4-10)18(2,15)16/h3-6,9,12-13H,7-8H2,1-2H3. The molecule has 3 unspecified atom stereocenters. The van der Waals surface area contributed by atoms with Gasteiger partial charge in [-0.05, 0) is 24.6 Å². The van der Waals surface area contributed by atoms with Crippen molar-refractivity contribution in [2.75, 3.05) is 17.8 Å². The Morgan fingerprint density at radius 2 is 1.83 bits per heavy atom. The van der Waals surface area contributed by atoms with Crippen molar-refractivity contribution in [3.05, 3.63) is 29.8 Å². The highest BCUT2D eigenvalue weighted by Gasteiger charge is 2.24. The first-order valence-electron chi connectivity index (χ1n) is 5.77. The zero-order valence-electron chi connectivity index (χ0n) is 10.4. The third-order valence-electron chi connectivity index (χ3n) is 2.98. The molecular weight excluding hydrogens is 270 g/mol. The highest BCUT2D eigenvalue weighted by Crippen LogP contribution is 2.21. The molecule has 1 aromatic rings. The van der Waals surface area contributed by atoms with E-state index in [2.05, 4.69) is 5.32 Å². The quantitative estimate of drug-likeness (QED) is 0.877. The van der Waals surface area contributed by atoms with Crippen LogP contribution < -0.4 is 5.32 Å². The molecule has 1 aliphatic rings. The number of nitrogens with one attached hydrogen (secondary N) is 1. The summed E-state index contributed by atoms with van der Waals surface area (Å²) in [6.45, 7) is 2.01. The van der Waals surface area contributed by atoms with Crippen molar-refractivity contribution in [2.24, 2.45) is 0 Å². The van der Waals surface area contributed by atoms with Crippen LogP contribution in [0.15, 0.2) is 29.2 Å². The molecule has 100 valence electrons. The molecule has 4 nitrogen and oxygen atoms in total. The Bertz CT molecular complexity index is 551.